The number of imidazole rings is 1. The van der Waals surface area contributed by atoms with Gasteiger partial charge < -0.3 is 20.3 Å². The first kappa shape index (κ1) is 28.5. The van der Waals surface area contributed by atoms with E-state index in [0.717, 1.165) is 71.1 Å². The van der Waals surface area contributed by atoms with Gasteiger partial charge in [-0.1, -0.05) is 88.3 Å². The summed E-state index contributed by atoms with van der Waals surface area (Å²) in [6.45, 7) is 13.4. The molecule has 4 aromatic rings. The number of aliphatic hydroxyl groups is 1. The van der Waals surface area contributed by atoms with E-state index in [9.17, 15) is 5.11 Å². The highest BCUT2D eigenvalue weighted by Gasteiger charge is 2.49. The van der Waals surface area contributed by atoms with Crippen LogP contribution in [0, 0.1) is 0 Å². The summed E-state index contributed by atoms with van der Waals surface area (Å²) in [7, 11) is 0. The van der Waals surface area contributed by atoms with Gasteiger partial charge in [-0.3, -0.25) is 0 Å². The van der Waals surface area contributed by atoms with Crippen molar-refractivity contribution in [3.63, 3.8) is 0 Å². The summed E-state index contributed by atoms with van der Waals surface area (Å²) in [4.78, 5) is 10.3. The van der Waals surface area contributed by atoms with Crippen LogP contribution in [-0.4, -0.2) is 38.7 Å². The Bertz CT molecular complexity index is 1410. The zero-order valence-corrected chi connectivity index (χ0v) is 24.1. The molecule has 3 N–H and O–H groups in total. The highest BCUT2D eigenvalue weighted by Crippen LogP contribution is 2.47. The Morgan fingerprint density at radius 3 is 2.44 bits per heavy atom. The summed E-state index contributed by atoms with van der Waals surface area (Å²) < 4.78 is 0. The molecule has 0 bridgehead atoms. The molecule has 0 spiro atoms. The number of anilines is 2. The first-order valence-corrected chi connectivity index (χ1v) is 14.3. The van der Waals surface area contributed by atoms with Gasteiger partial charge in [0.05, 0.1) is 29.1 Å². The van der Waals surface area contributed by atoms with E-state index >= 15 is 0 Å². The van der Waals surface area contributed by atoms with Crippen LogP contribution in [0.15, 0.2) is 79.5 Å². The average molecular weight is 543 g/mol. The molecule has 6 heteroatoms. The predicted octanol–water partition coefficient (Wildman–Crippen LogP) is 8.55. The Hall–Kier alpha value is -3.54. The Kier molecular flexibility index (Phi) is 9.16. The minimum absolute atomic E-state index is 0.106. The number of rotatable bonds is 6. The van der Waals surface area contributed by atoms with E-state index < -0.39 is 0 Å². The van der Waals surface area contributed by atoms with Crippen molar-refractivity contribution in [1.82, 2.24) is 14.9 Å². The van der Waals surface area contributed by atoms with Crippen LogP contribution in [0.3, 0.4) is 0 Å². The molecule has 1 aliphatic carbocycles. The lowest BCUT2D eigenvalue weighted by molar-refractivity contribution is 0.153. The van der Waals surface area contributed by atoms with E-state index in [2.05, 4.69) is 57.1 Å². The molecule has 0 saturated heterocycles. The summed E-state index contributed by atoms with van der Waals surface area (Å²) in [6.07, 6.45) is 4.80. The normalized spacial score (nSPS) is 14.8. The molecule has 0 atom stereocenters. The van der Waals surface area contributed by atoms with Gasteiger partial charge in [0.2, 0.25) is 0 Å². The largest absolute Gasteiger partial charge is 0.394 e. The second-order valence-corrected chi connectivity index (χ2v) is 9.80. The van der Waals surface area contributed by atoms with Gasteiger partial charge in [-0.2, -0.15) is 0 Å². The molecule has 1 aliphatic heterocycles. The fourth-order valence-corrected chi connectivity index (χ4v) is 5.30. The molecule has 39 heavy (non-hydrogen) atoms. The average Bonchev–Trinajstić information content (AvgIpc) is 3.64. The van der Waals surface area contributed by atoms with Crippen LogP contribution in [0.25, 0.3) is 28.3 Å². The molecular weight excluding hydrogens is 504 g/mol. The number of aliphatic hydroxyl groups excluding tert-OH is 1. The highest BCUT2D eigenvalue weighted by molar-refractivity contribution is 6.33. The summed E-state index contributed by atoms with van der Waals surface area (Å²) in [6, 6.07) is 22.3. The Morgan fingerprint density at radius 1 is 1.00 bits per heavy atom. The molecule has 3 aromatic carbocycles. The number of nitrogens with zero attached hydrogens (tertiary/aromatic N) is 2. The molecule has 0 amide bonds. The molecule has 6 rings (SSSR count). The smallest absolute Gasteiger partial charge is 0.139 e. The van der Waals surface area contributed by atoms with Gasteiger partial charge in [0.25, 0.3) is 0 Å². The topological polar surface area (TPSA) is 64.2 Å². The zero-order chi connectivity index (χ0) is 28.0. The molecule has 1 aromatic heterocycles. The Labute approximate surface area is 237 Å². The second kappa shape index (κ2) is 12.5. The van der Waals surface area contributed by atoms with E-state index in [1.807, 2.05) is 70.3 Å². The summed E-state index contributed by atoms with van der Waals surface area (Å²) in [5.41, 5.74) is 8.18. The number of hydrogen-bond acceptors (Lipinski definition) is 4. The monoisotopic (exact) mass is 542 g/mol. The van der Waals surface area contributed by atoms with Crippen molar-refractivity contribution in [2.24, 2.45) is 0 Å². The van der Waals surface area contributed by atoms with E-state index in [0.29, 0.717) is 5.02 Å². The number of nitrogens with one attached hydrogen (secondary N) is 2. The number of aromatic nitrogens is 2. The highest BCUT2D eigenvalue weighted by atomic mass is 35.5. The predicted molar refractivity (Wildman–Crippen MR) is 165 cm³/mol. The van der Waals surface area contributed by atoms with Crippen molar-refractivity contribution < 1.29 is 5.11 Å². The van der Waals surface area contributed by atoms with E-state index in [1.165, 1.54) is 5.56 Å². The molecular formula is C33H39ClN4O. The Balaban J connectivity index is 0.000000845. The SMILES string of the molecule is C=C1c2cccc(Nc3ccc(Cl)c(-c4ncc(-c5ccccc5)[nH]4)c3)c2CCN1C1(CO)CC1.CC.CC. The van der Waals surface area contributed by atoms with Gasteiger partial charge in [-0.15, -0.1) is 0 Å². The molecule has 0 unspecified atom stereocenters. The number of halogens is 1. The maximum absolute atomic E-state index is 9.92. The number of fused-ring (bicyclic) bond motifs is 1. The third kappa shape index (κ3) is 5.75. The van der Waals surface area contributed by atoms with Crippen molar-refractivity contribution in [3.05, 3.63) is 95.7 Å². The lowest BCUT2D eigenvalue weighted by Gasteiger charge is -2.39. The van der Waals surface area contributed by atoms with Crippen LogP contribution in [0.2, 0.25) is 5.02 Å². The van der Waals surface area contributed by atoms with Crippen molar-refractivity contribution in [1.29, 1.82) is 0 Å². The van der Waals surface area contributed by atoms with Gasteiger partial charge in [0, 0.05) is 34.7 Å². The standard InChI is InChI=1S/C29H27ClN4O.2C2H6/c1-19-22-8-5-9-26(23(22)12-15-34(19)29(18-35)13-14-29)32-21-10-11-25(30)24(16-21)28-31-17-27(33-28)20-6-3-2-4-7-20;2*1-2/h2-11,16-17,32,35H,1,12-15,18H2,(H,31,33);2*1-2H3. The summed E-state index contributed by atoms with van der Waals surface area (Å²) in [5.74, 6) is 0.732. The van der Waals surface area contributed by atoms with Crippen LogP contribution in [-0.2, 0) is 6.42 Å². The number of H-pyrrole nitrogens is 1. The third-order valence-electron chi connectivity index (χ3n) is 7.25. The number of hydrogen-bond donors (Lipinski definition) is 3. The summed E-state index contributed by atoms with van der Waals surface area (Å²) in [5, 5.41) is 14.2. The van der Waals surface area contributed by atoms with E-state index in [1.54, 1.807) is 0 Å². The molecule has 1 saturated carbocycles. The fourth-order valence-electron chi connectivity index (χ4n) is 5.09. The molecule has 204 valence electrons. The van der Waals surface area contributed by atoms with Crippen LogP contribution in [0.1, 0.15) is 51.7 Å². The zero-order valence-electron chi connectivity index (χ0n) is 23.4. The number of aromatic amines is 1. The minimum Gasteiger partial charge on any atom is -0.394 e. The van der Waals surface area contributed by atoms with Crippen molar-refractivity contribution in [3.8, 4) is 22.6 Å². The first-order chi connectivity index (χ1) is 19.1. The molecule has 2 heterocycles. The lowest BCUT2D eigenvalue weighted by atomic mass is 9.93. The Morgan fingerprint density at radius 2 is 1.74 bits per heavy atom. The van der Waals surface area contributed by atoms with Crippen molar-refractivity contribution in [2.75, 3.05) is 18.5 Å². The van der Waals surface area contributed by atoms with Gasteiger partial charge in [0.15, 0.2) is 0 Å². The van der Waals surface area contributed by atoms with Gasteiger partial charge in [0.1, 0.15) is 5.82 Å². The van der Waals surface area contributed by atoms with E-state index in [-0.39, 0.29) is 12.1 Å². The van der Waals surface area contributed by atoms with Crippen molar-refractivity contribution in [2.45, 2.75) is 52.5 Å². The van der Waals surface area contributed by atoms with Crippen LogP contribution >= 0.6 is 11.6 Å². The lowest BCUT2D eigenvalue weighted by Crippen LogP contribution is -2.42. The maximum atomic E-state index is 9.92. The molecule has 0 radical (unpaired) electrons. The quantitative estimate of drug-likeness (QED) is 0.228. The third-order valence-corrected chi connectivity index (χ3v) is 7.58. The first-order valence-electron chi connectivity index (χ1n) is 13.9. The fraction of sp³-hybridized carbons (Fsp3) is 0.303. The maximum Gasteiger partial charge on any atom is 0.139 e. The second-order valence-electron chi connectivity index (χ2n) is 9.39. The molecule has 2 aliphatic rings. The van der Waals surface area contributed by atoms with Gasteiger partial charge in [-0.25, -0.2) is 4.98 Å². The van der Waals surface area contributed by atoms with Crippen molar-refractivity contribution >= 4 is 28.7 Å². The van der Waals surface area contributed by atoms with Gasteiger partial charge in [-0.05, 0) is 54.7 Å². The van der Waals surface area contributed by atoms with E-state index in [4.69, 9.17) is 11.6 Å². The molecule has 1 fully saturated rings. The molecule has 5 nitrogen and oxygen atoms in total. The van der Waals surface area contributed by atoms with Crippen LogP contribution in [0.4, 0.5) is 11.4 Å². The number of benzene rings is 3. The van der Waals surface area contributed by atoms with Crippen LogP contribution in [0.5, 0.6) is 0 Å². The van der Waals surface area contributed by atoms with Gasteiger partial charge >= 0.3 is 0 Å². The van der Waals surface area contributed by atoms with Crippen LogP contribution < -0.4 is 5.32 Å². The minimum atomic E-state index is -0.106. The summed E-state index contributed by atoms with van der Waals surface area (Å²) >= 11 is 6.58.